The van der Waals surface area contributed by atoms with Gasteiger partial charge in [0.05, 0.1) is 5.75 Å². The molecule has 2 rings (SSSR count). The molecule has 1 unspecified atom stereocenters. The molecule has 0 aromatic carbocycles. The lowest BCUT2D eigenvalue weighted by molar-refractivity contribution is 0.263. The van der Waals surface area contributed by atoms with Gasteiger partial charge in [-0.3, -0.25) is 4.55 Å². The summed E-state index contributed by atoms with van der Waals surface area (Å²) >= 11 is 0. The molecule has 0 radical (unpaired) electrons. The van der Waals surface area contributed by atoms with E-state index in [-0.39, 0.29) is 18.8 Å². The van der Waals surface area contributed by atoms with E-state index in [4.69, 9.17) is 11.5 Å². The summed E-state index contributed by atoms with van der Waals surface area (Å²) in [4.78, 5) is 0. The SMILES string of the molecule is NCC1(CS(=O)(=O)NC(C2(CN)CCCC2)S(=O)(=O)O)CCCC1. The molecule has 0 aromatic heterocycles. The Kier molecular flexibility index (Phi) is 5.98. The zero-order valence-electron chi connectivity index (χ0n) is 13.9. The van der Waals surface area contributed by atoms with Crippen LogP contribution in [-0.4, -0.2) is 45.6 Å². The second-order valence-corrected chi connectivity index (χ2v) is 10.7. The number of hydrogen-bond acceptors (Lipinski definition) is 6. The van der Waals surface area contributed by atoms with E-state index in [1.165, 1.54) is 0 Å². The maximum absolute atomic E-state index is 12.6. The fourth-order valence-electron chi connectivity index (χ4n) is 4.29. The van der Waals surface area contributed by atoms with Crippen molar-refractivity contribution in [3.8, 4) is 0 Å². The van der Waals surface area contributed by atoms with E-state index in [0.29, 0.717) is 25.7 Å². The third-order valence-corrected chi connectivity index (χ3v) is 8.69. The Morgan fingerprint density at radius 1 is 0.917 bits per heavy atom. The highest BCUT2D eigenvalue weighted by Crippen LogP contribution is 2.43. The second-order valence-electron chi connectivity index (χ2n) is 7.46. The van der Waals surface area contributed by atoms with Gasteiger partial charge in [0.1, 0.15) is 0 Å². The van der Waals surface area contributed by atoms with Gasteiger partial charge in [-0.15, -0.1) is 0 Å². The van der Waals surface area contributed by atoms with Gasteiger partial charge in [0, 0.05) is 12.0 Å². The highest BCUT2D eigenvalue weighted by molar-refractivity contribution is 7.91. The average Bonchev–Trinajstić information content (AvgIpc) is 3.13. The van der Waals surface area contributed by atoms with Crippen molar-refractivity contribution in [1.82, 2.24) is 4.72 Å². The summed E-state index contributed by atoms with van der Waals surface area (Å²) in [6.45, 7) is 0.245. The standard InChI is InChI=1S/C14H29N3O5S2/c15-9-13(5-1-2-6-13)11-23(18,19)17-12(24(20,21)22)14(10-16)7-3-4-8-14/h12,17H,1-11,15-16H2,(H,20,21,22). The van der Waals surface area contributed by atoms with Crippen molar-refractivity contribution in [1.29, 1.82) is 0 Å². The van der Waals surface area contributed by atoms with Crippen LogP contribution in [0.5, 0.6) is 0 Å². The van der Waals surface area contributed by atoms with Crippen LogP contribution in [0.1, 0.15) is 51.4 Å². The fourth-order valence-corrected chi connectivity index (χ4v) is 8.06. The first-order valence-electron chi connectivity index (χ1n) is 8.45. The molecule has 0 heterocycles. The molecule has 2 fully saturated rings. The minimum Gasteiger partial charge on any atom is -0.330 e. The molecule has 0 aromatic rings. The van der Waals surface area contributed by atoms with Gasteiger partial charge in [0.15, 0.2) is 5.37 Å². The van der Waals surface area contributed by atoms with E-state index in [9.17, 15) is 21.4 Å². The van der Waals surface area contributed by atoms with Crippen LogP contribution in [0.4, 0.5) is 0 Å². The number of sulfonamides is 1. The van der Waals surface area contributed by atoms with Gasteiger partial charge in [-0.2, -0.15) is 13.1 Å². The topological polar surface area (TPSA) is 153 Å². The van der Waals surface area contributed by atoms with Gasteiger partial charge in [-0.1, -0.05) is 25.7 Å². The molecule has 0 bridgehead atoms. The van der Waals surface area contributed by atoms with Gasteiger partial charge >= 0.3 is 0 Å². The summed E-state index contributed by atoms with van der Waals surface area (Å²) in [6.07, 6.45) is 5.72. The Balaban J connectivity index is 2.26. The lowest BCUT2D eigenvalue weighted by Crippen LogP contribution is -2.55. The van der Waals surface area contributed by atoms with Crippen LogP contribution in [0.3, 0.4) is 0 Å². The van der Waals surface area contributed by atoms with Crippen LogP contribution in [0.2, 0.25) is 0 Å². The Labute approximate surface area is 144 Å². The molecule has 10 heteroatoms. The van der Waals surface area contributed by atoms with Crippen molar-refractivity contribution in [2.24, 2.45) is 22.3 Å². The molecular weight excluding hydrogens is 354 g/mol. The molecule has 0 saturated heterocycles. The Bertz CT molecular complexity index is 635. The van der Waals surface area contributed by atoms with Gasteiger partial charge < -0.3 is 11.5 Å². The second kappa shape index (κ2) is 7.16. The number of hydrogen-bond donors (Lipinski definition) is 4. The summed E-state index contributed by atoms with van der Waals surface area (Å²) in [7, 11) is -8.54. The molecule has 2 aliphatic rings. The van der Waals surface area contributed by atoms with Crippen molar-refractivity contribution in [2.45, 2.75) is 56.7 Å². The van der Waals surface area contributed by atoms with E-state index in [1.807, 2.05) is 0 Å². The van der Waals surface area contributed by atoms with Crippen LogP contribution in [0.25, 0.3) is 0 Å². The van der Waals surface area contributed by atoms with E-state index in [0.717, 1.165) is 25.7 Å². The Hall–Kier alpha value is -0.260. The van der Waals surface area contributed by atoms with Crippen molar-refractivity contribution >= 4 is 20.1 Å². The fraction of sp³-hybridized carbons (Fsp3) is 1.00. The van der Waals surface area contributed by atoms with Crippen LogP contribution < -0.4 is 16.2 Å². The molecule has 0 amide bonds. The summed E-state index contributed by atoms with van der Waals surface area (Å²) < 4.78 is 61.0. The average molecular weight is 384 g/mol. The number of rotatable bonds is 8. The van der Waals surface area contributed by atoms with Crippen molar-refractivity contribution in [3.63, 3.8) is 0 Å². The van der Waals surface area contributed by atoms with E-state index >= 15 is 0 Å². The number of nitrogens with two attached hydrogens (primary N) is 2. The summed E-state index contributed by atoms with van der Waals surface area (Å²) in [5.41, 5.74) is 10.1. The molecule has 2 aliphatic carbocycles. The van der Waals surface area contributed by atoms with Crippen LogP contribution in [0.15, 0.2) is 0 Å². The quantitative estimate of drug-likeness (QED) is 0.435. The third-order valence-electron chi connectivity index (χ3n) is 5.74. The smallest absolute Gasteiger partial charge is 0.282 e. The third kappa shape index (κ3) is 4.28. The van der Waals surface area contributed by atoms with E-state index in [1.54, 1.807) is 0 Å². The molecule has 142 valence electrons. The largest absolute Gasteiger partial charge is 0.330 e. The van der Waals surface area contributed by atoms with Gasteiger partial charge in [-0.25, -0.2) is 8.42 Å². The first kappa shape index (κ1) is 20.1. The highest BCUT2D eigenvalue weighted by Gasteiger charge is 2.49. The number of nitrogens with one attached hydrogen (secondary N) is 1. The van der Waals surface area contributed by atoms with Gasteiger partial charge in [-0.05, 0) is 37.6 Å². The summed E-state index contributed by atoms with van der Waals surface area (Å²) in [6, 6.07) is 0. The van der Waals surface area contributed by atoms with Crippen LogP contribution in [0, 0.1) is 10.8 Å². The van der Waals surface area contributed by atoms with Crippen molar-refractivity contribution in [2.75, 3.05) is 18.8 Å². The molecule has 0 spiro atoms. The highest BCUT2D eigenvalue weighted by atomic mass is 32.2. The van der Waals surface area contributed by atoms with Crippen LogP contribution >= 0.6 is 0 Å². The molecule has 8 nitrogen and oxygen atoms in total. The monoisotopic (exact) mass is 383 g/mol. The summed E-state index contributed by atoms with van der Waals surface area (Å²) in [5.74, 6) is -0.219. The van der Waals surface area contributed by atoms with Crippen molar-refractivity contribution < 1.29 is 21.4 Å². The first-order valence-corrected chi connectivity index (χ1v) is 11.6. The molecule has 0 aliphatic heterocycles. The van der Waals surface area contributed by atoms with E-state index in [2.05, 4.69) is 4.72 Å². The Morgan fingerprint density at radius 2 is 1.42 bits per heavy atom. The summed E-state index contributed by atoms with van der Waals surface area (Å²) in [5, 5.41) is -1.60. The van der Waals surface area contributed by atoms with Gasteiger partial charge in [0.2, 0.25) is 10.0 Å². The minimum absolute atomic E-state index is 0.00199. The molecule has 1 atom stereocenters. The lowest BCUT2D eigenvalue weighted by atomic mass is 9.86. The Morgan fingerprint density at radius 3 is 1.83 bits per heavy atom. The van der Waals surface area contributed by atoms with Crippen molar-refractivity contribution in [3.05, 3.63) is 0 Å². The maximum Gasteiger partial charge on any atom is 0.282 e. The predicted octanol–water partition coefficient (Wildman–Crippen LogP) is 0.158. The lowest BCUT2D eigenvalue weighted by Gasteiger charge is -2.35. The zero-order valence-corrected chi connectivity index (χ0v) is 15.5. The minimum atomic E-state index is -4.61. The molecule has 2 saturated carbocycles. The maximum atomic E-state index is 12.6. The normalized spacial score (nSPS) is 25.0. The van der Waals surface area contributed by atoms with E-state index < -0.39 is 36.3 Å². The molecular formula is C14H29N3O5S2. The predicted molar refractivity (Wildman–Crippen MR) is 92.2 cm³/mol. The molecule has 6 N–H and O–H groups in total. The van der Waals surface area contributed by atoms with Crippen LogP contribution in [-0.2, 0) is 20.1 Å². The zero-order chi connectivity index (χ0) is 18.1. The molecule has 24 heavy (non-hydrogen) atoms. The van der Waals surface area contributed by atoms with Gasteiger partial charge in [0.25, 0.3) is 10.1 Å². The first-order chi connectivity index (χ1) is 11.1.